The SMILES string of the molecule is O=C(COc1cccnc1)NC(Cc1ccncc1)C1CC(O)C1. The molecule has 0 radical (unpaired) electrons. The summed E-state index contributed by atoms with van der Waals surface area (Å²) in [5.41, 5.74) is 1.12. The van der Waals surface area contributed by atoms with E-state index in [0.717, 1.165) is 24.8 Å². The lowest BCUT2D eigenvalue weighted by atomic mass is 9.75. The molecule has 1 fully saturated rings. The molecule has 0 saturated heterocycles. The number of hydrogen-bond donors (Lipinski definition) is 2. The maximum atomic E-state index is 12.2. The van der Waals surface area contributed by atoms with E-state index >= 15 is 0 Å². The van der Waals surface area contributed by atoms with E-state index in [1.54, 1.807) is 36.9 Å². The van der Waals surface area contributed by atoms with E-state index in [2.05, 4.69) is 15.3 Å². The summed E-state index contributed by atoms with van der Waals surface area (Å²) in [6.07, 6.45) is 8.63. The predicted molar refractivity (Wildman–Crippen MR) is 88.3 cm³/mol. The summed E-state index contributed by atoms with van der Waals surface area (Å²) in [5, 5.41) is 12.6. The van der Waals surface area contributed by atoms with Gasteiger partial charge in [0.15, 0.2) is 6.61 Å². The molecule has 1 aliphatic carbocycles. The van der Waals surface area contributed by atoms with Crippen molar-refractivity contribution in [2.24, 2.45) is 5.92 Å². The van der Waals surface area contributed by atoms with Gasteiger partial charge in [0, 0.05) is 24.6 Å². The Morgan fingerprint density at radius 2 is 2.04 bits per heavy atom. The van der Waals surface area contributed by atoms with Crippen LogP contribution < -0.4 is 10.1 Å². The second kappa shape index (κ2) is 7.88. The van der Waals surface area contributed by atoms with Crippen LogP contribution in [-0.2, 0) is 11.2 Å². The minimum Gasteiger partial charge on any atom is -0.482 e. The highest BCUT2D eigenvalue weighted by molar-refractivity contribution is 5.77. The van der Waals surface area contributed by atoms with Crippen LogP contribution in [0.3, 0.4) is 0 Å². The second-order valence-electron chi connectivity index (χ2n) is 6.10. The Labute approximate surface area is 140 Å². The molecule has 24 heavy (non-hydrogen) atoms. The van der Waals surface area contributed by atoms with Gasteiger partial charge in [0.2, 0.25) is 0 Å². The van der Waals surface area contributed by atoms with Gasteiger partial charge in [-0.25, -0.2) is 0 Å². The van der Waals surface area contributed by atoms with Crippen molar-refractivity contribution < 1.29 is 14.6 Å². The van der Waals surface area contributed by atoms with E-state index in [0.29, 0.717) is 5.75 Å². The van der Waals surface area contributed by atoms with Crippen molar-refractivity contribution in [3.8, 4) is 5.75 Å². The molecule has 0 aliphatic heterocycles. The molecule has 6 heteroatoms. The van der Waals surface area contributed by atoms with Crippen LogP contribution >= 0.6 is 0 Å². The summed E-state index contributed by atoms with van der Waals surface area (Å²) in [4.78, 5) is 20.2. The van der Waals surface area contributed by atoms with Crippen molar-refractivity contribution in [3.05, 3.63) is 54.6 Å². The van der Waals surface area contributed by atoms with Crippen LogP contribution in [0.15, 0.2) is 49.1 Å². The molecular formula is C18H21N3O3. The highest BCUT2D eigenvalue weighted by Gasteiger charge is 2.34. The van der Waals surface area contributed by atoms with E-state index in [1.807, 2.05) is 12.1 Å². The number of hydrogen-bond acceptors (Lipinski definition) is 5. The minimum absolute atomic E-state index is 0.0131. The third-order valence-electron chi connectivity index (χ3n) is 4.27. The number of nitrogens with one attached hydrogen (secondary N) is 1. The molecule has 2 aromatic heterocycles. The van der Waals surface area contributed by atoms with Gasteiger partial charge in [-0.3, -0.25) is 14.8 Å². The first-order valence-corrected chi connectivity index (χ1v) is 8.10. The van der Waals surface area contributed by atoms with Crippen molar-refractivity contribution in [1.82, 2.24) is 15.3 Å². The maximum absolute atomic E-state index is 12.2. The Morgan fingerprint density at radius 1 is 1.25 bits per heavy atom. The summed E-state index contributed by atoms with van der Waals surface area (Å²) in [6, 6.07) is 7.40. The van der Waals surface area contributed by atoms with Gasteiger partial charge in [0.05, 0.1) is 12.3 Å². The monoisotopic (exact) mass is 327 g/mol. The molecule has 2 aromatic rings. The third kappa shape index (κ3) is 4.52. The molecule has 0 bridgehead atoms. The van der Waals surface area contributed by atoms with Crippen molar-refractivity contribution in [1.29, 1.82) is 0 Å². The number of amides is 1. The smallest absolute Gasteiger partial charge is 0.258 e. The highest BCUT2D eigenvalue weighted by Crippen LogP contribution is 2.31. The lowest BCUT2D eigenvalue weighted by Crippen LogP contribution is -2.49. The second-order valence-corrected chi connectivity index (χ2v) is 6.10. The van der Waals surface area contributed by atoms with Crippen LogP contribution in [0, 0.1) is 5.92 Å². The van der Waals surface area contributed by atoms with Gasteiger partial charge in [0.1, 0.15) is 5.75 Å². The number of aliphatic hydroxyl groups excluding tert-OH is 1. The molecule has 1 saturated carbocycles. The van der Waals surface area contributed by atoms with Crippen molar-refractivity contribution >= 4 is 5.91 Å². The maximum Gasteiger partial charge on any atom is 0.258 e. The molecule has 0 spiro atoms. The fraction of sp³-hybridized carbons (Fsp3) is 0.389. The van der Waals surface area contributed by atoms with Gasteiger partial charge >= 0.3 is 0 Å². The van der Waals surface area contributed by atoms with Crippen LogP contribution in [0.25, 0.3) is 0 Å². The standard InChI is InChI=1S/C18H21N3O3/c22-15-9-14(10-15)17(8-13-3-6-19-7-4-13)21-18(23)12-24-16-2-1-5-20-11-16/h1-7,11,14-15,17,22H,8-10,12H2,(H,21,23). The summed E-state index contributed by atoms with van der Waals surface area (Å²) in [5.74, 6) is 0.687. The third-order valence-corrected chi connectivity index (χ3v) is 4.27. The van der Waals surface area contributed by atoms with Crippen LogP contribution in [0.5, 0.6) is 5.75 Å². The topological polar surface area (TPSA) is 84.3 Å². The summed E-state index contributed by atoms with van der Waals surface area (Å²) in [6.45, 7) is -0.0478. The Kier molecular flexibility index (Phi) is 5.38. The first-order chi connectivity index (χ1) is 11.7. The molecule has 0 aromatic carbocycles. The van der Waals surface area contributed by atoms with E-state index in [4.69, 9.17) is 4.74 Å². The van der Waals surface area contributed by atoms with Crippen molar-refractivity contribution in [2.75, 3.05) is 6.61 Å². The molecule has 2 heterocycles. The van der Waals surface area contributed by atoms with Gasteiger partial charge in [0.25, 0.3) is 5.91 Å². The quantitative estimate of drug-likeness (QED) is 0.802. The summed E-state index contributed by atoms with van der Waals surface area (Å²) >= 11 is 0. The fourth-order valence-corrected chi connectivity index (χ4v) is 2.90. The highest BCUT2D eigenvalue weighted by atomic mass is 16.5. The molecule has 1 amide bonds. The molecule has 6 nitrogen and oxygen atoms in total. The Balaban J connectivity index is 1.55. The molecule has 1 unspecified atom stereocenters. The predicted octanol–water partition coefficient (Wildman–Crippen LogP) is 1.35. The van der Waals surface area contributed by atoms with Crippen molar-refractivity contribution in [2.45, 2.75) is 31.4 Å². The lowest BCUT2D eigenvalue weighted by molar-refractivity contribution is -0.124. The largest absolute Gasteiger partial charge is 0.482 e. The van der Waals surface area contributed by atoms with Crippen LogP contribution in [0.1, 0.15) is 18.4 Å². The van der Waals surface area contributed by atoms with Crippen LogP contribution in [0.4, 0.5) is 0 Å². The van der Waals surface area contributed by atoms with E-state index in [1.165, 1.54) is 0 Å². The number of carbonyl (C=O) groups is 1. The van der Waals surface area contributed by atoms with Gasteiger partial charge in [-0.15, -0.1) is 0 Å². The zero-order chi connectivity index (χ0) is 16.8. The molecular weight excluding hydrogens is 306 g/mol. The number of nitrogens with zero attached hydrogens (tertiary/aromatic N) is 2. The average Bonchev–Trinajstić information content (AvgIpc) is 2.58. The molecule has 3 rings (SSSR count). The average molecular weight is 327 g/mol. The fourth-order valence-electron chi connectivity index (χ4n) is 2.90. The van der Waals surface area contributed by atoms with E-state index < -0.39 is 0 Å². The molecule has 1 atom stereocenters. The van der Waals surface area contributed by atoms with Gasteiger partial charge < -0.3 is 15.2 Å². The minimum atomic E-state index is -0.251. The first kappa shape index (κ1) is 16.4. The zero-order valence-corrected chi connectivity index (χ0v) is 13.3. The Hall–Kier alpha value is -2.47. The number of ether oxygens (including phenoxy) is 1. The molecule has 126 valence electrons. The summed E-state index contributed by atoms with van der Waals surface area (Å²) in [7, 11) is 0. The van der Waals surface area contributed by atoms with E-state index in [9.17, 15) is 9.90 Å². The number of carbonyl (C=O) groups excluding carboxylic acids is 1. The number of aliphatic hydroxyl groups is 1. The van der Waals surface area contributed by atoms with Gasteiger partial charge in [-0.05, 0) is 55.0 Å². The molecule has 2 N–H and O–H groups in total. The number of aromatic nitrogens is 2. The van der Waals surface area contributed by atoms with E-state index in [-0.39, 0.29) is 30.6 Å². The first-order valence-electron chi connectivity index (χ1n) is 8.10. The zero-order valence-electron chi connectivity index (χ0n) is 13.3. The van der Waals surface area contributed by atoms with Crippen LogP contribution in [-0.4, -0.2) is 39.7 Å². The summed E-state index contributed by atoms with van der Waals surface area (Å²) < 4.78 is 5.44. The lowest BCUT2D eigenvalue weighted by Gasteiger charge is -2.38. The van der Waals surface area contributed by atoms with Gasteiger partial charge in [-0.1, -0.05) is 0 Å². The Morgan fingerprint density at radius 3 is 2.71 bits per heavy atom. The number of rotatable bonds is 7. The van der Waals surface area contributed by atoms with Crippen molar-refractivity contribution in [3.63, 3.8) is 0 Å². The van der Waals surface area contributed by atoms with Gasteiger partial charge in [-0.2, -0.15) is 0 Å². The normalized spacial score (nSPS) is 20.7. The number of pyridine rings is 2. The molecule has 1 aliphatic rings. The Bertz CT molecular complexity index is 645. The van der Waals surface area contributed by atoms with Crippen LogP contribution in [0.2, 0.25) is 0 Å².